The number of para-hydroxylation sites is 1. The number of rotatable bonds is 4. The van der Waals surface area contributed by atoms with Gasteiger partial charge in [0.25, 0.3) is 0 Å². The summed E-state index contributed by atoms with van der Waals surface area (Å²) in [5.41, 5.74) is 5.44. The van der Waals surface area contributed by atoms with Gasteiger partial charge in [0, 0.05) is 5.56 Å². The smallest absolute Gasteiger partial charge is 0.210 e. The summed E-state index contributed by atoms with van der Waals surface area (Å²) >= 11 is 1.65. The molecule has 0 saturated heterocycles. The molecule has 0 radical (unpaired) electrons. The summed E-state index contributed by atoms with van der Waals surface area (Å²) in [6, 6.07) is 29.0. The minimum absolute atomic E-state index is 0.843. The van der Waals surface area contributed by atoms with Crippen molar-refractivity contribution in [2.45, 2.75) is 6.92 Å². The molecule has 30 heavy (non-hydrogen) atoms. The second kappa shape index (κ2) is 7.93. The standard InChI is InChI=1S/C24H19N5S/c1-18-12-14-19(15-13-18)22-23(20-8-4-2-5-9-20)30-24(27-21-10-6-3-7-11-21)29(22)28-16-25-26-17-28/h2-17H,1H3. The fourth-order valence-electron chi connectivity index (χ4n) is 3.32. The van der Waals surface area contributed by atoms with Crippen molar-refractivity contribution in [1.82, 2.24) is 19.5 Å². The number of nitrogens with zero attached hydrogens (tertiary/aromatic N) is 5. The van der Waals surface area contributed by atoms with Gasteiger partial charge in [0.15, 0.2) is 0 Å². The Kier molecular flexibility index (Phi) is 4.83. The number of hydrogen-bond donors (Lipinski definition) is 0. The van der Waals surface area contributed by atoms with E-state index in [1.807, 2.05) is 41.1 Å². The Hall–Kier alpha value is -3.77. The molecular formula is C24H19N5S. The zero-order valence-electron chi connectivity index (χ0n) is 16.4. The first-order chi connectivity index (χ1) is 14.8. The summed E-state index contributed by atoms with van der Waals surface area (Å²) in [5, 5.41) is 8.07. The van der Waals surface area contributed by atoms with E-state index in [0.29, 0.717) is 0 Å². The summed E-state index contributed by atoms with van der Waals surface area (Å²) in [5.74, 6) is 0. The van der Waals surface area contributed by atoms with Gasteiger partial charge in [0.2, 0.25) is 4.80 Å². The third kappa shape index (κ3) is 3.49. The van der Waals surface area contributed by atoms with Gasteiger partial charge < -0.3 is 0 Å². The normalized spacial score (nSPS) is 11.7. The van der Waals surface area contributed by atoms with Crippen LogP contribution < -0.4 is 4.80 Å². The molecule has 0 saturated carbocycles. The summed E-state index contributed by atoms with van der Waals surface area (Å²) < 4.78 is 3.95. The predicted molar refractivity (Wildman–Crippen MR) is 120 cm³/mol. The molecule has 0 aliphatic rings. The maximum Gasteiger partial charge on any atom is 0.210 e. The highest BCUT2D eigenvalue weighted by atomic mass is 32.1. The number of aromatic nitrogens is 4. The first-order valence-electron chi connectivity index (χ1n) is 9.63. The van der Waals surface area contributed by atoms with Crippen LogP contribution in [-0.4, -0.2) is 19.5 Å². The summed E-state index contributed by atoms with van der Waals surface area (Å²) in [7, 11) is 0. The number of benzene rings is 3. The van der Waals surface area contributed by atoms with Crippen LogP contribution in [0, 0.1) is 6.92 Å². The maximum absolute atomic E-state index is 4.95. The number of thiazole rings is 1. The highest BCUT2D eigenvalue weighted by Gasteiger charge is 2.19. The largest absolute Gasteiger partial charge is 0.221 e. The van der Waals surface area contributed by atoms with Gasteiger partial charge >= 0.3 is 0 Å². The molecule has 0 aliphatic heterocycles. The Bertz CT molecular complexity index is 1320. The molecule has 0 spiro atoms. The third-order valence-electron chi connectivity index (χ3n) is 4.78. The van der Waals surface area contributed by atoms with E-state index >= 15 is 0 Å². The SMILES string of the molecule is Cc1ccc(-c2c(-c3ccccc3)sc(=Nc3ccccc3)n2-n2cnnc2)cc1. The molecule has 2 heterocycles. The van der Waals surface area contributed by atoms with Gasteiger partial charge in [-0.15, -0.1) is 10.2 Å². The van der Waals surface area contributed by atoms with Crippen molar-refractivity contribution in [2.24, 2.45) is 4.99 Å². The molecule has 0 bridgehead atoms. The molecule has 0 atom stereocenters. The molecule has 0 fully saturated rings. The second-order valence-electron chi connectivity index (χ2n) is 6.90. The van der Waals surface area contributed by atoms with Gasteiger partial charge in [-0.2, -0.15) is 0 Å². The fourth-order valence-corrected chi connectivity index (χ4v) is 4.48. The van der Waals surface area contributed by atoms with Gasteiger partial charge in [0.1, 0.15) is 12.7 Å². The van der Waals surface area contributed by atoms with E-state index in [1.165, 1.54) is 5.56 Å². The van der Waals surface area contributed by atoms with E-state index in [0.717, 1.165) is 32.2 Å². The molecule has 0 amide bonds. The first-order valence-corrected chi connectivity index (χ1v) is 10.4. The van der Waals surface area contributed by atoms with E-state index in [2.05, 4.69) is 70.3 Å². The third-order valence-corrected chi connectivity index (χ3v) is 5.86. The highest BCUT2D eigenvalue weighted by molar-refractivity contribution is 7.13. The van der Waals surface area contributed by atoms with Crippen LogP contribution in [-0.2, 0) is 0 Å². The molecule has 0 unspecified atom stereocenters. The number of hydrogen-bond acceptors (Lipinski definition) is 4. The Morgan fingerprint density at radius 1 is 0.733 bits per heavy atom. The molecule has 146 valence electrons. The number of aryl methyl sites for hydroxylation is 1. The van der Waals surface area contributed by atoms with Crippen LogP contribution in [0.25, 0.3) is 21.7 Å². The lowest BCUT2D eigenvalue weighted by molar-refractivity contribution is 0.643. The Morgan fingerprint density at radius 3 is 2.03 bits per heavy atom. The first kappa shape index (κ1) is 18.3. The minimum atomic E-state index is 0.843. The summed E-state index contributed by atoms with van der Waals surface area (Å²) in [6.07, 6.45) is 3.40. The van der Waals surface area contributed by atoms with Crippen molar-refractivity contribution < 1.29 is 0 Å². The highest BCUT2D eigenvalue weighted by Crippen LogP contribution is 2.35. The zero-order valence-corrected chi connectivity index (χ0v) is 17.2. The molecule has 5 rings (SSSR count). The molecule has 5 aromatic rings. The van der Waals surface area contributed by atoms with Gasteiger partial charge in [-0.3, -0.25) is 0 Å². The predicted octanol–water partition coefficient (Wildman–Crippen LogP) is 5.33. The van der Waals surface area contributed by atoms with E-state index in [1.54, 1.807) is 24.0 Å². The van der Waals surface area contributed by atoms with Crippen molar-refractivity contribution in [1.29, 1.82) is 0 Å². The van der Waals surface area contributed by atoms with Crippen molar-refractivity contribution in [3.63, 3.8) is 0 Å². The van der Waals surface area contributed by atoms with Gasteiger partial charge in [-0.05, 0) is 24.6 Å². The average molecular weight is 410 g/mol. The van der Waals surface area contributed by atoms with Crippen LogP contribution in [0.5, 0.6) is 0 Å². The van der Waals surface area contributed by atoms with Crippen LogP contribution in [0.3, 0.4) is 0 Å². The van der Waals surface area contributed by atoms with Crippen LogP contribution in [0.2, 0.25) is 0 Å². The van der Waals surface area contributed by atoms with E-state index in [-0.39, 0.29) is 0 Å². The zero-order chi connectivity index (χ0) is 20.3. The van der Waals surface area contributed by atoms with Gasteiger partial charge in [-0.25, -0.2) is 14.3 Å². The van der Waals surface area contributed by atoms with Crippen LogP contribution >= 0.6 is 11.3 Å². The molecule has 5 nitrogen and oxygen atoms in total. The molecule has 0 N–H and O–H groups in total. The quantitative estimate of drug-likeness (QED) is 0.403. The van der Waals surface area contributed by atoms with E-state index < -0.39 is 0 Å². The topological polar surface area (TPSA) is 48.0 Å². The van der Waals surface area contributed by atoms with Gasteiger partial charge in [0.05, 0.1) is 16.3 Å². The Balaban J connectivity index is 1.87. The average Bonchev–Trinajstić information content (AvgIpc) is 3.44. The van der Waals surface area contributed by atoms with Crippen LogP contribution in [0.4, 0.5) is 5.69 Å². The van der Waals surface area contributed by atoms with Crippen molar-refractivity contribution in [3.05, 3.63) is 108 Å². The van der Waals surface area contributed by atoms with Crippen molar-refractivity contribution in [2.75, 3.05) is 0 Å². The van der Waals surface area contributed by atoms with Crippen LogP contribution in [0.1, 0.15) is 5.56 Å². The van der Waals surface area contributed by atoms with Gasteiger partial charge in [-0.1, -0.05) is 89.7 Å². The van der Waals surface area contributed by atoms with E-state index in [9.17, 15) is 0 Å². The lowest BCUT2D eigenvalue weighted by Gasteiger charge is -2.11. The van der Waals surface area contributed by atoms with Crippen molar-refractivity contribution >= 4 is 17.0 Å². The molecule has 3 aromatic carbocycles. The van der Waals surface area contributed by atoms with Crippen LogP contribution in [0.15, 0.2) is 103 Å². The summed E-state index contributed by atoms with van der Waals surface area (Å²) in [6.45, 7) is 2.10. The lowest BCUT2D eigenvalue weighted by atomic mass is 10.1. The minimum Gasteiger partial charge on any atom is -0.221 e. The molecule has 0 aliphatic carbocycles. The van der Waals surface area contributed by atoms with Crippen molar-refractivity contribution in [3.8, 4) is 21.7 Å². The maximum atomic E-state index is 4.95. The molecule has 6 heteroatoms. The second-order valence-corrected chi connectivity index (χ2v) is 7.87. The Labute approximate surface area is 178 Å². The lowest BCUT2D eigenvalue weighted by Crippen LogP contribution is -2.21. The Morgan fingerprint density at radius 2 is 1.37 bits per heavy atom. The fraction of sp³-hybridized carbons (Fsp3) is 0.0417. The molecule has 2 aromatic heterocycles. The monoisotopic (exact) mass is 409 g/mol. The van der Waals surface area contributed by atoms with E-state index in [4.69, 9.17) is 4.99 Å². The summed E-state index contributed by atoms with van der Waals surface area (Å²) in [4.78, 5) is 6.94. The molecular weight excluding hydrogens is 390 g/mol.